The molecule has 2 atom stereocenters. The topological polar surface area (TPSA) is 84.3 Å². The van der Waals surface area contributed by atoms with Gasteiger partial charge in [-0.2, -0.15) is 0 Å². The van der Waals surface area contributed by atoms with E-state index in [9.17, 15) is 4.79 Å². The molecule has 17 heavy (non-hydrogen) atoms. The van der Waals surface area contributed by atoms with Crippen molar-refractivity contribution < 1.29 is 14.3 Å². The Labute approximate surface area is 99.9 Å². The number of rotatable bonds is 4. The molecular formula is C11H17N3O3. The van der Waals surface area contributed by atoms with Crippen molar-refractivity contribution in [2.45, 2.75) is 56.5 Å². The number of hydrogen-bond donors (Lipinski definition) is 0. The summed E-state index contributed by atoms with van der Waals surface area (Å²) in [4.78, 5) is 13.3. The van der Waals surface area contributed by atoms with E-state index < -0.39 is 11.8 Å². The molecule has 2 fully saturated rings. The van der Waals surface area contributed by atoms with Gasteiger partial charge in [-0.3, -0.25) is 0 Å². The third-order valence-electron chi connectivity index (χ3n) is 3.46. The Balaban J connectivity index is 1.99. The molecule has 2 aliphatic rings. The highest BCUT2D eigenvalue weighted by atomic mass is 16.7. The summed E-state index contributed by atoms with van der Waals surface area (Å²) < 4.78 is 11.7. The molecule has 1 saturated carbocycles. The first-order chi connectivity index (χ1) is 8.29. The summed E-state index contributed by atoms with van der Waals surface area (Å²) >= 11 is 0. The van der Waals surface area contributed by atoms with Crippen LogP contribution in [0.3, 0.4) is 0 Å². The van der Waals surface area contributed by atoms with Crippen molar-refractivity contribution in [2.75, 3.05) is 6.61 Å². The highest BCUT2D eigenvalue weighted by molar-refractivity contribution is 5.50. The average molecular weight is 239 g/mol. The first kappa shape index (κ1) is 12.4. The van der Waals surface area contributed by atoms with Crippen LogP contribution in [0.15, 0.2) is 5.11 Å². The highest BCUT2D eigenvalue weighted by Gasteiger charge is 2.44. The third kappa shape index (κ3) is 2.77. The van der Waals surface area contributed by atoms with Gasteiger partial charge in [-0.15, -0.1) is 0 Å². The van der Waals surface area contributed by atoms with Crippen molar-refractivity contribution in [1.29, 1.82) is 0 Å². The van der Waals surface area contributed by atoms with Gasteiger partial charge in [0.15, 0.2) is 5.79 Å². The molecule has 94 valence electrons. The second kappa shape index (κ2) is 5.49. The lowest BCUT2D eigenvalue weighted by Crippen LogP contribution is -2.35. The van der Waals surface area contributed by atoms with E-state index in [1.54, 1.807) is 0 Å². The quantitative estimate of drug-likeness (QED) is 0.326. The van der Waals surface area contributed by atoms with E-state index in [4.69, 9.17) is 15.0 Å². The average Bonchev–Trinajstić information content (AvgIpc) is 2.74. The van der Waals surface area contributed by atoms with Gasteiger partial charge in [0, 0.05) is 24.2 Å². The van der Waals surface area contributed by atoms with Gasteiger partial charge in [-0.25, -0.2) is 0 Å². The minimum Gasteiger partial charge on any atom is -0.347 e. The summed E-state index contributed by atoms with van der Waals surface area (Å²) in [5.74, 6) is -0.477. The van der Waals surface area contributed by atoms with Crippen LogP contribution in [0.5, 0.6) is 0 Å². The zero-order valence-corrected chi connectivity index (χ0v) is 9.75. The molecule has 0 aromatic rings. The van der Waals surface area contributed by atoms with Gasteiger partial charge in [0.1, 0.15) is 6.29 Å². The number of hydrogen-bond acceptors (Lipinski definition) is 4. The predicted molar refractivity (Wildman–Crippen MR) is 60.3 cm³/mol. The van der Waals surface area contributed by atoms with Crippen molar-refractivity contribution >= 4 is 6.29 Å². The zero-order valence-electron chi connectivity index (χ0n) is 9.75. The van der Waals surface area contributed by atoms with Crippen LogP contribution < -0.4 is 0 Å². The Hall–Kier alpha value is -1.10. The maximum atomic E-state index is 10.5. The maximum Gasteiger partial charge on any atom is 0.168 e. The summed E-state index contributed by atoms with van der Waals surface area (Å²) in [6, 6.07) is -0.446. The highest BCUT2D eigenvalue weighted by Crippen LogP contribution is 2.39. The molecule has 1 aliphatic heterocycles. The van der Waals surface area contributed by atoms with Gasteiger partial charge in [-0.1, -0.05) is 11.5 Å². The Morgan fingerprint density at radius 1 is 1.47 bits per heavy atom. The summed E-state index contributed by atoms with van der Waals surface area (Å²) in [5, 5.41) is 3.62. The zero-order chi connectivity index (χ0) is 12.1. The molecule has 1 aliphatic carbocycles. The van der Waals surface area contributed by atoms with E-state index >= 15 is 0 Å². The Morgan fingerprint density at radius 2 is 2.24 bits per heavy atom. The molecule has 1 unspecified atom stereocenters. The van der Waals surface area contributed by atoms with Gasteiger partial charge in [-0.05, 0) is 18.4 Å². The smallest absolute Gasteiger partial charge is 0.168 e. The van der Waals surface area contributed by atoms with Crippen LogP contribution in [0.25, 0.3) is 10.4 Å². The van der Waals surface area contributed by atoms with Crippen LogP contribution >= 0.6 is 0 Å². The monoisotopic (exact) mass is 239 g/mol. The van der Waals surface area contributed by atoms with E-state index in [2.05, 4.69) is 10.0 Å². The van der Waals surface area contributed by atoms with Crippen molar-refractivity contribution in [2.24, 2.45) is 5.11 Å². The Bertz CT molecular complexity index is 322. The van der Waals surface area contributed by atoms with Gasteiger partial charge in [0.05, 0.1) is 18.8 Å². The molecule has 6 nitrogen and oxygen atoms in total. The van der Waals surface area contributed by atoms with Crippen LogP contribution in [0.2, 0.25) is 0 Å². The van der Waals surface area contributed by atoms with E-state index in [1.807, 2.05) is 0 Å². The SMILES string of the molecule is [N-]=[N+]=NC(CC=O)[C@H]1COC2(CCCCC2)O1. The number of nitrogens with zero attached hydrogens (tertiary/aromatic N) is 3. The first-order valence-electron chi connectivity index (χ1n) is 6.09. The van der Waals surface area contributed by atoms with Crippen molar-refractivity contribution in [3.8, 4) is 0 Å². The molecule has 0 N–H and O–H groups in total. The number of aldehydes is 1. The first-order valence-corrected chi connectivity index (χ1v) is 6.09. The molecular weight excluding hydrogens is 222 g/mol. The fourth-order valence-electron chi connectivity index (χ4n) is 2.56. The minimum atomic E-state index is -0.477. The fourth-order valence-corrected chi connectivity index (χ4v) is 2.56. The van der Waals surface area contributed by atoms with E-state index in [1.165, 1.54) is 6.42 Å². The van der Waals surface area contributed by atoms with Crippen molar-refractivity contribution in [3.05, 3.63) is 10.4 Å². The number of carbonyl (C=O) groups is 1. The lowest BCUT2D eigenvalue weighted by Gasteiger charge is -2.32. The van der Waals surface area contributed by atoms with E-state index in [-0.39, 0.29) is 12.5 Å². The van der Waals surface area contributed by atoms with Crippen molar-refractivity contribution in [3.63, 3.8) is 0 Å². The molecule has 0 aromatic heterocycles. The molecule has 0 bridgehead atoms. The lowest BCUT2D eigenvalue weighted by molar-refractivity contribution is -0.188. The Kier molecular flexibility index (Phi) is 3.99. The summed E-state index contributed by atoms with van der Waals surface area (Å²) in [7, 11) is 0. The maximum absolute atomic E-state index is 10.5. The van der Waals surface area contributed by atoms with E-state index in [0.717, 1.165) is 32.0 Å². The molecule has 1 heterocycles. The number of carbonyl (C=O) groups excluding carboxylic acids is 1. The van der Waals surface area contributed by atoms with Gasteiger partial charge >= 0.3 is 0 Å². The van der Waals surface area contributed by atoms with Gasteiger partial charge in [0.25, 0.3) is 0 Å². The molecule has 0 aromatic carbocycles. The second-order valence-electron chi connectivity index (χ2n) is 4.61. The van der Waals surface area contributed by atoms with Gasteiger partial charge in [0.2, 0.25) is 0 Å². The summed E-state index contributed by atoms with van der Waals surface area (Å²) in [5.41, 5.74) is 8.47. The van der Waals surface area contributed by atoms with E-state index in [0.29, 0.717) is 6.61 Å². The van der Waals surface area contributed by atoms with Crippen LogP contribution in [-0.2, 0) is 14.3 Å². The van der Waals surface area contributed by atoms with Crippen LogP contribution in [0.4, 0.5) is 0 Å². The second-order valence-corrected chi connectivity index (χ2v) is 4.61. The molecule has 1 saturated heterocycles. The van der Waals surface area contributed by atoms with Crippen LogP contribution in [-0.4, -0.2) is 30.8 Å². The number of azide groups is 1. The number of ether oxygens (including phenoxy) is 2. The normalized spacial score (nSPS) is 28.6. The van der Waals surface area contributed by atoms with Crippen molar-refractivity contribution in [1.82, 2.24) is 0 Å². The molecule has 0 radical (unpaired) electrons. The lowest BCUT2D eigenvalue weighted by atomic mass is 9.94. The Morgan fingerprint density at radius 3 is 2.88 bits per heavy atom. The molecule has 6 heteroatoms. The summed E-state index contributed by atoms with van der Waals surface area (Å²) in [6.45, 7) is 0.414. The minimum absolute atomic E-state index is 0.189. The largest absolute Gasteiger partial charge is 0.347 e. The molecule has 0 amide bonds. The molecule has 1 spiro atoms. The third-order valence-corrected chi connectivity index (χ3v) is 3.46. The van der Waals surface area contributed by atoms with Crippen LogP contribution in [0, 0.1) is 0 Å². The fraction of sp³-hybridized carbons (Fsp3) is 0.909. The predicted octanol–water partition coefficient (Wildman–Crippen LogP) is 2.33. The summed E-state index contributed by atoms with van der Waals surface area (Å²) in [6.07, 6.45) is 5.88. The molecule has 2 rings (SSSR count). The standard InChI is InChI=1S/C11H17N3O3/c12-14-13-9(4-7-15)10-8-16-11(17-10)5-2-1-3-6-11/h7,9-10H,1-6,8H2/t9?,10-/m1/s1. The van der Waals surface area contributed by atoms with Gasteiger partial charge < -0.3 is 14.3 Å². The van der Waals surface area contributed by atoms with Crippen LogP contribution in [0.1, 0.15) is 38.5 Å².